The lowest BCUT2D eigenvalue weighted by molar-refractivity contribution is -0.130. The first-order valence-corrected chi connectivity index (χ1v) is 7.82. The van der Waals surface area contributed by atoms with E-state index in [-0.39, 0.29) is 24.8 Å². The molecule has 0 aliphatic heterocycles. The molecule has 0 bridgehead atoms. The van der Waals surface area contributed by atoms with E-state index in [9.17, 15) is 18.8 Å². The second-order valence-electron chi connectivity index (χ2n) is 5.56. The van der Waals surface area contributed by atoms with Crippen LogP contribution in [0.2, 0.25) is 0 Å². The van der Waals surface area contributed by atoms with Gasteiger partial charge in [0.15, 0.2) is 0 Å². The predicted octanol–water partition coefficient (Wildman–Crippen LogP) is 0.537. The highest BCUT2D eigenvalue weighted by molar-refractivity contribution is 5.91. The van der Waals surface area contributed by atoms with E-state index in [0.29, 0.717) is 6.42 Å². The molecule has 134 valence electrons. The molecule has 25 heavy (non-hydrogen) atoms. The van der Waals surface area contributed by atoms with Crippen LogP contribution >= 0.6 is 0 Å². The summed E-state index contributed by atoms with van der Waals surface area (Å²) in [5, 5.41) is 13.4. The van der Waals surface area contributed by atoms with Crippen molar-refractivity contribution in [3.8, 4) is 6.07 Å². The van der Waals surface area contributed by atoms with E-state index in [4.69, 9.17) is 11.0 Å². The van der Waals surface area contributed by atoms with Gasteiger partial charge < -0.3 is 16.4 Å². The number of rotatable bonds is 9. The largest absolute Gasteiger partial charge is 0.368 e. The number of hydrogen-bond acceptors (Lipinski definition) is 4. The van der Waals surface area contributed by atoms with E-state index in [0.717, 1.165) is 0 Å². The number of nitrogens with two attached hydrogens (primary N) is 1. The monoisotopic (exact) mass is 348 g/mol. The number of unbranched alkanes of at least 4 members (excludes halogenated alkanes) is 1. The molecular formula is C17H21FN4O3. The highest BCUT2D eigenvalue weighted by atomic mass is 19.1. The standard InChI is InChI=1S/C17H21FN4O3/c1-11(23)21-15(10-12-6-2-3-7-13(12)18)17(25)22-14(16(20)24)8-4-5-9-19/h2-3,6-7,14-15H,4-5,8,10H2,1H3,(H2,20,24)(H,21,23)(H,22,25)/t14-,15+/m1/s1. The van der Waals surface area contributed by atoms with Crippen LogP contribution < -0.4 is 16.4 Å². The molecule has 1 aromatic carbocycles. The molecule has 3 amide bonds. The van der Waals surface area contributed by atoms with Crippen LogP contribution in [0.1, 0.15) is 31.7 Å². The molecule has 0 saturated carbocycles. The van der Waals surface area contributed by atoms with Gasteiger partial charge in [0.25, 0.3) is 0 Å². The fourth-order valence-corrected chi connectivity index (χ4v) is 2.28. The first-order valence-electron chi connectivity index (χ1n) is 7.82. The lowest BCUT2D eigenvalue weighted by Gasteiger charge is -2.21. The van der Waals surface area contributed by atoms with Crippen molar-refractivity contribution in [2.24, 2.45) is 5.73 Å². The first-order chi connectivity index (χ1) is 11.8. The van der Waals surface area contributed by atoms with E-state index in [1.54, 1.807) is 6.07 Å². The van der Waals surface area contributed by atoms with Crippen molar-refractivity contribution in [1.82, 2.24) is 10.6 Å². The summed E-state index contributed by atoms with van der Waals surface area (Å²) in [6.07, 6.45) is 0.759. The van der Waals surface area contributed by atoms with Gasteiger partial charge in [-0.1, -0.05) is 18.2 Å². The van der Waals surface area contributed by atoms with Gasteiger partial charge in [0.05, 0.1) is 6.07 Å². The van der Waals surface area contributed by atoms with Gasteiger partial charge in [-0.25, -0.2) is 4.39 Å². The summed E-state index contributed by atoms with van der Waals surface area (Å²) >= 11 is 0. The molecule has 0 saturated heterocycles. The number of amides is 3. The molecule has 0 aliphatic rings. The third kappa shape index (κ3) is 6.99. The number of hydrogen-bond donors (Lipinski definition) is 3. The third-order valence-electron chi connectivity index (χ3n) is 3.52. The Labute approximate surface area is 145 Å². The predicted molar refractivity (Wildman–Crippen MR) is 88.3 cm³/mol. The highest BCUT2D eigenvalue weighted by Crippen LogP contribution is 2.10. The maximum atomic E-state index is 13.8. The van der Waals surface area contributed by atoms with Crippen LogP contribution in [0.3, 0.4) is 0 Å². The SMILES string of the molecule is CC(=O)N[C@@H](Cc1ccccc1F)C(=O)N[C@H](CCCC#N)C(N)=O. The number of primary amides is 1. The van der Waals surface area contributed by atoms with Crippen LogP contribution in [0.15, 0.2) is 24.3 Å². The van der Waals surface area contributed by atoms with Crippen LogP contribution in [-0.4, -0.2) is 29.8 Å². The maximum Gasteiger partial charge on any atom is 0.243 e. The number of carbonyl (C=O) groups excluding carboxylic acids is 3. The molecule has 0 spiro atoms. The molecule has 7 nitrogen and oxygen atoms in total. The summed E-state index contributed by atoms with van der Waals surface area (Å²) in [5.74, 6) is -2.33. The van der Waals surface area contributed by atoms with Crippen molar-refractivity contribution in [1.29, 1.82) is 5.26 Å². The van der Waals surface area contributed by atoms with E-state index in [2.05, 4.69) is 10.6 Å². The molecule has 0 fully saturated rings. The van der Waals surface area contributed by atoms with E-state index >= 15 is 0 Å². The smallest absolute Gasteiger partial charge is 0.243 e. The van der Waals surface area contributed by atoms with E-state index < -0.39 is 35.6 Å². The zero-order valence-corrected chi connectivity index (χ0v) is 13.9. The Morgan fingerprint density at radius 2 is 1.92 bits per heavy atom. The van der Waals surface area contributed by atoms with Gasteiger partial charge in [0.2, 0.25) is 17.7 Å². The number of carbonyl (C=O) groups is 3. The summed E-state index contributed by atoms with van der Waals surface area (Å²) in [6, 6.07) is 5.83. The minimum Gasteiger partial charge on any atom is -0.368 e. The Hall–Kier alpha value is -2.95. The minimum atomic E-state index is -1.05. The zero-order valence-electron chi connectivity index (χ0n) is 13.9. The minimum absolute atomic E-state index is 0.0677. The van der Waals surface area contributed by atoms with Gasteiger partial charge in [0.1, 0.15) is 17.9 Å². The second kappa shape index (κ2) is 10.0. The number of nitriles is 1. The van der Waals surface area contributed by atoms with Crippen LogP contribution in [0.4, 0.5) is 4.39 Å². The molecular weight excluding hydrogens is 327 g/mol. The molecule has 1 aromatic rings. The summed E-state index contributed by atoms with van der Waals surface area (Å²) in [7, 11) is 0. The van der Waals surface area contributed by atoms with Gasteiger partial charge >= 0.3 is 0 Å². The number of nitrogens with zero attached hydrogens (tertiary/aromatic N) is 1. The normalized spacial score (nSPS) is 12.5. The Morgan fingerprint density at radius 1 is 1.24 bits per heavy atom. The van der Waals surface area contributed by atoms with Crippen molar-refractivity contribution in [3.63, 3.8) is 0 Å². The van der Waals surface area contributed by atoms with Crippen LogP contribution in [-0.2, 0) is 20.8 Å². The van der Waals surface area contributed by atoms with Gasteiger partial charge in [0, 0.05) is 19.8 Å². The van der Waals surface area contributed by atoms with Crippen molar-refractivity contribution in [3.05, 3.63) is 35.6 Å². The van der Waals surface area contributed by atoms with Gasteiger partial charge in [-0.05, 0) is 24.5 Å². The molecule has 0 unspecified atom stereocenters. The van der Waals surface area contributed by atoms with Crippen LogP contribution in [0, 0.1) is 17.1 Å². The van der Waals surface area contributed by atoms with Gasteiger partial charge in [-0.3, -0.25) is 14.4 Å². The van der Waals surface area contributed by atoms with E-state index in [1.165, 1.54) is 25.1 Å². The molecule has 2 atom stereocenters. The number of halogens is 1. The number of benzene rings is 1. The summed E-state index contributed by atoms with van der Waals surface area (Å²) in [5.41, 5.74) is 5.52. The Balaban J connectivity index is 2.84. The molecule has 0 aromatic heterocycles. The Bertz CT molecular complexity index is 672. The van der Waals surface area contributed by atoms with Crippen LogP contribution in [0.25, 0.3) is 0 Å². The quantitative estimate of drug-likeness (QED) is 0.563. The zero-order chi connectivity index (χ0) is 18.8. The first kappa shape index (κ1) is 20.1. The average molecular weight is 348 g/mol. The van der Waals surface area contributed by atoms with Crippen LogP contribution in [0.5, 0.6) is 0 Å². The van der Waals surface area contributed by atoms with Crippen molar-refractivity contribution in [2.75, 3.05) is 0 Å². The summed E-state index contributed by atoms with van der Waals surface area (Å²) < 4.78 is 13.8. The van der Waals surface area contributed by atoms with Crippen molar-refractivity contribution in [2.45, 2.75) is 44.7 Å². The molecule has 1 rings (SSSR count). The number of nitrogens with one attached hydrogen (secondary N) is 2. The Kier molecular flexibility index (Phi) is 8.06. The van der Waals surface area contributed by atoms with Gasteiger partial charge in [-0.2, -0.15) is 5.26 Å². The maximum absolute atomic E-state index is 13.8. The highest BCUT2D eigenvalue weighted by Gasteiger charge is 2.25. The molecule has 0 heterocycles. The lowest BCUT2D eigenvalue weighted by Crippen LogP contribution is -2.53. The third-order valence-corrected chi connectivity index (χ3v) is 3.52. The molecule has 4 N–H and O–H groups in total. The summed E-state index contributed by atoms with van der Waals surface area (Å²) in [6.45, 7) is 1.24. The fraction of sp³-hybridized carbons (Fsp3) is 0.412. The second-order valence-corrected chi connectivity index (χ2v) is 5.56. The Morgan fingerprint density at radius 3 is 2.48 bits per heavy atom. The van der Waals surface area contributed by atoms with E-state index in [1.807, 2.05) is 6.07 Å². The topological polar surface area (TPSA) is 125 Å². The molecule has 0 radical (unpaired) electrons. The fourth-order valence-electron chi connectivity index (χ4n) is 2.28. The average Bonchev–Trinajstić information content (AvgIpc) is 2.54. The van der Waals surface area contributed by atoms with Crippen molar-refractivity contribution >= 4 is 17.7 Å². The molecule has 8 heteroatoms. The lowest BCUT2D eigenvalue weighted by atomic mass is 10.0. The molecule has 0 aliphatic carbocycles. The van der Waals surface area contributed by atoms with Gasteiger partial charge in [-0.15, -0.1) is 0 Å². The van der Waals surface area contributed by atoms with Crippen molar-refractivity contribution < 1.29 is 18.8 Å². The summed E-state index contributed by atoms with van der Waals surface area (Å²) in [4.78, 5) is 35.2.